The molecule has 96 valence electrons. The highest BCUT2D eigenvalue weighted by molar-refractivity contribution is 6.13. The first-order valence-corrected chi connectivity index (χ1v) is 6.20. The lowest BCUT2D eigenvalue weighted by molar-refractivity contribution is -0.116. The molecule has 1 aliphatic heterocycles. The Morgan fingerprint density at radius 1 is 1.28 bits per heavy atom. The van der Waals surface area contributed by atoms with Crippen molar-refractivity contribution < 1.29 is 4.79 Å². The molecule has 1 amide bonds. The van der Waals surface area contributed by atoms with Crippen LogP contribution in [-0.2, 0) is 4.79 Å². The lowest BCUT2D eigenvalue weighted by Gasteiger charge is -2.18. The molecule has 1 aromatic carbocycles. The second-order valence-electron chi connectivity index (χ2n) is 4.83. The van der Waals surface area contributed by atoms with Crippen LogP contribution in [0.1, 0.15) is 29.5 Å². The molecule has 0 fully saturated rings. The van der Waals surface area contributed by atoms with Gasteiger partial charge in [0.05, 0.1) is 12.1 Å². The zero-order valence-corrected chi connectivity index (χ0v) is 11.2. The Hall–Kier alpha value is -1.68. The second-order valence-corrected chi connectivity index (χ2v) is 4.83. The Kier molecular flexibility index (Phi) is 3.48. The summed E-state index contributed by atoms with van der Waals surface area (Å²) in [4.78, 5) is 12.0. The first kappa shape index (κ1) is 12.8. The summed E-state index contributed by atoms with van der Waals surface area (Å²) in [5, 5.41) is 5.94. The molecule has 0 radical (unpaired) electrons. The molecule has 0 bridgehead atoms. The fourth-order valence-electron chi connectivity index (χ4n) is 2.47. The van der Waals surface area contributed by atoms with E-state index in [1.807, 2.05) is 13.8 Å². The first-order chi connectivity index (χ1) is 8.52. The molecule has 2 N–H and O–H groups in total. The highest BCUT2D eigenvalue weighted by Crippen LogP contribution is 2.29. The average molecular weight is 245 g/mol. The fourth-order valence-corrected chi connectivity index (χ4v) is 2.47. The van der Waals surface area contributed by atoms with Crippen molar-refractivity contribution in [2.24, 2.45) is 10.8 Å². The van der Waals surface area contributed by atoms with Crippen LogP contribution in [0, 0.1) is 20.8 Å². The average Bonchev–Trinajstić information content (AvgIpc) is 2.59. The summed E-state index contributed by atoms with van der Waals surface area (Å²) < 4.78 is 0. The minimum absolute atomic E-state index is 0.0357. The molecule has 4 heteroatoms. The summed E-state index contributed by atoms with van der Waals surface area (Å²) in [6.45, 7) is 6.61. The molecule has 18 heavy (non-hydrogen) atoms. The Morgan fingerprint density at radius 3 is 2.44 bits per heavy atom. The van der Waals surface area contributed by atoms with Gasteiger partial charge in [-0.25, -0.2) is 0 Å². The van der Waals surface area contributed by atoms with Crippen LogP contribution in [-0.4, -0.2) is 18.2 Å². The molecule has 1 heterocycles. The van der Waals surface area contributed by atoms with Crippen molar-refractivity contribution in [2.45, 2.75) is 33.6 Å². The molecule has 1 aliphatic rings. The number of anilines is 1. The molecule has 0 aliphatic carbocycles. The summed E-state index contributed by atoms with van der Waals surface area (Å²) in [7, 11) is 0. The van der Waals surface area contributed by atoms with Gasteiger partial charge in [-0.05, 0) is 38.4 Å². The zero-order valence-electron chi connectivity index (χ0n) is 11.2. The number of benzene rings is 1. The molecule has 0 spiro atoms. The maximum absolute atomic E-state index is 12.0. The summed E-state index contributed by atoms with van der Waals surface area (Å²) in [5.74, 6) is 0.0357. The molecule has 0 atom stereocenters. The second kappa shape index (κ2) is 4.90. The van der Waals surface area contributed by atoms with Gasteiger partial charge in [0.15, 0.2) is 0 Å². The molecular weight excluding hydrogens is 226 g/mol. The number of amides is 1. The lowest BCUT2D eigenvalue weighted by atomic mass is 10.0. The number of carbonyl (C=O) groups excluding carboxylic acids is 1. The van der Waals surface area contributed by atoms with Crippen molar-refractivity contribution in [2.75, 3.05) is 11.6 Å². The van der Waals surface area contributed by atoms with Crippen LogP contribution >= 0.6 is 0 Å². The summed E-state index contributed by atoms with van der Waals surface area (Å²) in [6, 6.07) is 4.15. The number of rotatable bonds is 3. The van der Waals surface area contributed by atoms with E-state index in [1.165, 1.54) is 10.6 Å². The number of nitrogens with two attached hydrogens (primary N) is 1. The van der Waals surface area contributed by atoms with Gasteiger partial charge in [-0.15, -0.1) is 0 Å². The van der Waals surface area contributed by atoms with Crippen LogP contribution in [0.5, 0.6) is 0 Å². The number of hydrazone groups is 1. The normalized spacial score (nSPS) is 15.2. The monoisotopic (exact) mass is 245 g/mol. The molecular formula is C14H19N3O. The number of aryl methyl sites for hydroxylation is 3. The maximum atomic E-state index is 12.0. The SMILES string of the molecule is Cc1cc(C)c(N2N=C(CCN)CC2=O)c(C)c1. The van der Waals surface area contributed by atoms with Gasteiger partial charge in [0, 0.05) is 12.1 Å². The molecule has 0 aromatic heterocycles. The Balaban J connectivity index is 2.40. The van der Waals surface area contributed by atoms with E-state index in [9.17, 15) is 4.79 Å². The van der Waals surface area contributed by atoms with Crippen molar-refractivity contribution in [3.63, 3.8) is 0 Å². The van der Waals surface area contributed by atoms with Crippen LogP contribution in [0.25, 0.3) is 0 Å². The van der Waals surface area contributed by atoms with Gasteiger partial charge < -0.3 is 5.73 Å². The number of nitrogens with zero attached hydrogens (tertiary/aromatic N) is 2. The molecule has 0 saturated carbocycles. The predicted octanol–water partition coefficient (Wildman–Crippen LogP) is 2.05. The van der Waals surface area contributed by atoms with E-state index in [2.05, 4.69) is 24.2 Å². The van der Waals surface area contributed by atoms with E-state index in [4.69, 9.17) is 5.73 Å². The van der Waals surface area contributed by atoms with Crippen LogP contribution in [0.2, 0.25) is 0 Å². The lowest BCUT2D eigenvalue weighted by Crippen LogP contribution is -2.21. The van der Waals surface area contributed by atoms with Gasteiger partial charge in [-0.2, -0.15) is 10.1 Å². The first-order valence-electron chi connectivity index (χ1n) is 6.20. The Bertz CT molecular complexity index is 497. The van der Waals surface area contributed by atoms with Gasteiger partial charge >= 0.3 is 0 Å². The highest BCUT2D eigenvalue weighted by atomic mass is 16.2. The Morgan fingerprint density at radius 2 is 1.89 bits per heavy atom. The van der Waals surface area contributed by atoms with Gasteiger partial charge in [0.1, 0.15) is 0 Å². The van der Waals surface area contributed by atoms with E-state index < -0.39 is 0 Å². The third-order valence-electron chi connectivity index (χ3n) is 3.11. The van der Waals surface area contributed by atoms with E-state index in [0.717, 1.165) is 22.5 Å². The quantitative estimate of drug-likeness (QED) is 0.886. The minimum atomic E-state index is 0.0357. The van der Waals surface area contributed by atoms with E-state index >= 15 is 0 Å². The number of hydrogen-bond acceptors (Lipinski definition) is 3. The summed E-state index contributed by atoms with van der Waals surface area (Å²) >= 11 is 0. The molecule has 2 rings (SSSR count). The molecule has 4 nitrogen and oxygen atoms in total. The van der Waals surface area contributed by atoms with E-state index in [1.54, 1.807) is 0 Å². The molecule has 0 unspecified atom stereocenters. The van der Waals surface area contributed by atoms with Crippen molar-refractivity contribution in [1.82, 2.24) is 0 Å². The number of carbonyl (C=O) groups is 1. The predicted molar refractivity (Wildman–Crippen MR) is 73.9 cm³/mol. The van der Waals surface area contributed by atoms with Crippen molar-refractivity contribution in [1.29, 1.82) is 0 Å². The third-order valence-corrected chi connectivity index (χ3v) is 3.11. The van der Waals surface area contributed by atoms with Crippen molar-refractivity contribution in [3.05, 3.63) is 28.8 Å². The van der Waals surface area contributed by atoms with Gasteiger partial charge in [-0.3, -0.25) is 4.79 Å². The van der Waals surface area contributed by atoms with Crippen LogP contribution in [0.3, 0.4) is 0 Å². The van der Waals surface area contributed by atoms with Crippen molar-refractivity contribution >= 4 is 17.3 Å². The highest BCUT2D eigenvalue weighted by Gasteiger charge is 2.26. The van der Waals surface area contributed by atoms with Crippen LogP contribution < -0.4 is 10.7 Å². The topological polar surface area (TPSA) is 58.7 Å². The zero-order chi connectivity index (χ0) is 13.3. The van der Waals surface area contributed by atoms with E-state index in [0.29, 0.717) is 19.4 Å². The standard InChI is InChI=1S/C14H19N3O/c1-9-6-10(2)14(11(3)7-9)17-13(18)8-12(16-17)4-5-15/h6-7H,4-5,8,15H2,1-3H3. The van der Waals surface area contributed by atoms with Gasteiger partial charge in [-0.1, -0.05) is 17.7 Å². The Labute approximate surface area is 107 Å². The summed E-state index contributed by atoms with van der Waals surface area (Å²) in [6.07, 6.45) is 1.08. The summed E-state index contributed by atoms with van der Waals surface area (Å²) in [5.41, 5.74) is 10.7. The van der Waals surface area contributed by atoms with Crippen LogP contribution in [0.4, 0.5) is 5.69 Å². The third kappa shape index (κ3) is 2.29. The van der Waals surface area contributed by atoms with Crippen molar-refractivity contribution in [3.8, 4) is 0 Å². The van der Waals surface area contributed by atoms with E-state index in [-0.39, 0.29) is 5.91 Å². The van der Waals surface area contributed by atoms with Gasteiger partial charge in [0.25, 0.3) is 5.91 Å². The maximum Gasteiger partial charge on any atom is 0.253 e. The fraction of sp³-hybridized carbons (Fsp3) is 0.429. The van der Waals surface area contributed by atoms with Gasteiger partial charge in [0.2, 0.25) is 0 Å². The largest absolute Gasteiger partial charge is 0.330 e. The smallest absolute Gasteiger partial charge is 0.253 e. The molecule has 0 saturated heterocycles. The minimum Gasteiger partial charge on any atom is -0.330 e. The molecule has 1 aromatic rings. The number of hydrogen-bond donors (Lipinski definition) is 1. The van der Waals surface area contributed by atoms with Crippen LogP contribution in [0.15, 0.2) is 17.2 Å².